The molecule has 90 valence electrons. The van der Waals surface area contributed by atoms with Crippen LogP contribution in [-0.2, 0) is 0 Å². The molecule has 1 atom stereocenters. The van der Waals surface area contributed by atoms with Crippen molar-refractivity contribution in [3.05, 3.63) is 28.8 Å². The van der Waals surface area contributed by atoms with E-state index in [1.165, 1.54) is 18.9 Å². The Morgan fingerprint density at radius 3 is 3.00 bits per heavy atom. The molecule has 17 heavy (non-hydrogen) atoms. The SMILES string of the molecule is NC(CC1CC1)c1nc2c(F)c(Cl)ccc2[nH]1. The van der Waals surface area contributed by atoms with E-state index in [1.807, 2.05) is 0 Å². The minimum absolute atomic E-state index is 0.0892. The Morgan fingerprint density at radius 1 is 1.53 bits per heavy atom. The quantitative estimate of drug-likeness (QED) is 0.883. The van der Waals surface area contributed by atoms with Gasteiger partial charge < -0.3 is 10.7 Å². The van der Waals surface area contributed by atoms with Gasteiger partial charge in [0.05, 0.1) is 16.6 Å². The van der Waals surface area contributed by atoms with Crippen LogP contribution >= 0.6 is 11.6 Å². The number of imidazole rings is 1. The molecular formula is C12H13ClFN3. The summed E-state index contributed by atoms with van der Waals surface area (Å²) in [5.74, 6) is 0.880. The highest BCUT2D eigenvalue weighted by Gasteiger charge is 2.26. The third-order valence-corrected chi connectivity index (χ3v) is 3.49. The van der Waals surface area contributed by atoms with Crippen LogP contribution in [0.4, 0.5) is 4.39 Å². The molecule has 5 heteroatoms. The van der Waals surface area contributed by atoms with Crippen molar-refractivity contribution in [2.45, 2.75) is 25.3 Å². The molecular weight excluding hydrogens is 241 g/mol. The summed E-state index contributed by atoms with van der Waals surface area (Å²) in [5.41, 5.74) is 6.96. The molecule has 0 bridgehead atoms. The molecule has 1 aliphatic rings. The number of rotatable bonds is 3. The molecule has 3 N–H and O–H groups in total. The number of benzene rings is 1. The fourth-order valence-corrected chi connectivity index (χ4v) is 2.19. The number of aromatic nitrogens is 2. The van der Waals surface area contributed by atoms with Crippen molar-refractivity contribution in [2.75, 3.05) is 0 Å². The Labute approximate surface area is 103 Å². The largest absolute Gasteiger partial charge is 0.341 e. The lowest BCUT2D eigenvalue weighted by atomic mass is 10.1. The van der Waals surface area contributed by atoms with Crippen LogP contribution in [0.15, 0.2) is 12.1 Å². The molecule has 0 amide bonds. The van der Waals surface area contributed by atoms with Crippen molar-refractivity contribution >= 4 is 22.6 Å². The van der Waals surface area contributed by atoms with E-state index in [0.717, 1.165) is 6.42 Å². The molecule has 0 spiro atoms. The zero-order valence-electron chi connectivity index (χ0n) is 9.21. The predicted octanol–water partition coefficient (Wildman–Crippen LogP) is 3.16. The number of nitrogens with zero attached hydrogens (tertiary/aromatic N) is 1. The molecule has 1 aromatic heterocycles. The third-order valence-electron chi connectivity index (χ3n) is 3.20. The van der Waals surface area contributed by atoms with Crippen LogP contribution in [0.3, 0.4) is 0 Å². The zero-order valence-corrected chi connectivity index (χ0v) is 9.97. The van der Waals surface area contributed by atoms with Gasteiger partial charge in [0.15, 0.2) is 5.82 Å². The summed E-state index contributed by atoms with van der Waals surface area (Å²) in [6.07, 6.45) is 3.40. The van der Waals surface area contributed by atoms with Gasteiger partial charge in [0, 0.05) is 0 Å². The molecule has 1 fully saturated rings. The Morgan fingerprint density at radius 2 is 2.29 bits per heavy atom. The fraction of sp³-hybridized carbons (Fsp3) is 0.417. The molecule has 2 aromatic rings. The molecule has 0 saturated heterocycles. The van der Waals surface area contributed by atoms with Crippen molar-refractivity contribution in [1.82, 2.24) is 9.97 Å². The van der Waals surface area contributed by atoms with E-state index in [2.05, 4.69) is 9.97 Å². The first kappa shape index (κ1) is 11.0. The van der Waals surface area contributed by atoms with E-state index in [-0.39, 0.29) is 16.6 Å². The maximum atomic E-state index is 13.7. The maximum absolute atomic E-state index is 13.7. The summed E-state index contributed by atoms with van der Waals surface area (Å²) in [4.78, 5) is 7.28. The number of fused-ring (bicyclic) bond motifs is 1. The van der Waals surface area contributed by atoms with Crippen LogP contribution < -0.4 is 5.73 Å². The van der Waals surface area contributed by atoms with Gasteiger partial charge in [0.2, 0.25) is 0 Å². The van der Waals surface area contributed by atoms with Crippen LogP contribution in [-0.4, -0.2) is 9.97 Å². The molecule has 1 saturated carbocycles. The number of H-pyrrole nitrogens is 1. The number of aromatic amines is 1. The normalized spacial score (nSPS) is 17.6. The van der Waals surface area contributed by atoms with Gasteiger partial charge in [0.25, 0.3) is 0 Å². The number of hydrogen-bond donors (Lipinski definition) is 2. The van der Waals surface area contributed by atoms with Crippen molar-refractivity contribution in [3.8, 4) is 0 Å². The van der Waals surface area contributed by atoms with Crippen molar-refractivity contribution in [2.24, 2.45) is 11.7 Å². The second kappa shape index (κ2) is 3.96. The van der Waals surface area contributed by atoms with Gasteiger partial charge in [-0.05, 0) is 24.5 Å². The average molecular weight is 254 g/mol. The lowest BCUT2D eigenvalue weighted by molar-refractivity contribution is 0.573. The first-order valence-corrected chi connectivity index (χ1v) is 6.12. The fourth-order valence-electron chi connectivity index (χ4n) is 2.04. The van der Waals surface area contributed by atoms with Gasteiger partial charge in [-0.2, -0.15) is 0 Å². The topological polar surface area (TPSA) is 54.7 Å². The number of hydrogen-bond acceptors (Lipinski definition) is 2. The molecule has 3 rings (SSSR count). The van der Waals surface area contributed by atoms with Crippen LogP contribution in [0.1, 0.15) is 31.1 Å². The smallest absolute Gasteiger partial charge is 0.169 e. The van der Waals surface area contributed by atoms with Gasteiger partial charge >= 0.3 is 0 Å². The summed E-state index contributed by atoms with van der Waals surface area (Å²) in [6, 6.07) is 3.10. The highest BCUT2D eigenvalue weighted by molar-refractivity contribution is 6.31. The van der Waals surface area contributed by atoms with Crippen molar-refractivity contribution < 1.29 is 4.39 Å². The number of nitrogens with one attached hydrogen (secondary N) is 1. The van der Waals surface area contributed by atoms with Crippen LogP contribution in [0.5, 0.6) is 0 Å². The Kier molecular flexibility index (Phi) is 2.56. The van der Waals surface area contributed by atoms with Crippen molar-refractivity contribution in [1.29, 1.82) is 0 Å². The van der Waals surface area contributed by atoms with E-state index in [4.69, 9.17) is 17.3 Å². The molecule has 1 heterocycles. The summed E-state index contributed by atoms with van der Waals surface area (Å²) in [5, 5.41) is 0.0892. The number of nitrogens with two attached hydrogens (primary N) is 1. The van der Waals surface area contributed by atoms with Gasteiger partial charge in [-0.1, -0.05) is 24.4 Å². The first-order valence-electron chi connectivity index (χ1n) is 5.74. The van der Waals surface area contributed by atoms with E-state index in [1.54, 1.807) is 6.07 Å². The third kappa shape index (κ3) is 2.03. The molecule has 0 aliphatic heterocycles. The second-order valence-corrected chi connectivity index (χ2v) is 5.07. The predicted molar refractivity (Wildman–Crippen MR) is 65.3 cm³/mol. The average Bonchev–Trinajstić information content (AvgIpc) is 3.00. The summed E-state index contributed by atoms with van der Waals surface area (Å²) >= 11 is 5.71. The Bertz CT molecular complexity index is 562. The van der Waals surface area contributed by atoms with E-state index < -0.39 is 5.82 Å². The Balaban J connectivity index is 1.97. The van der Waals surface area contributed by atoms with E-state index in [0.29, 0.717) is 17.3 Å². The van der Waals surface area contributed by atoms with Gasteiger partial charge in [0.1, 0.15) is 11.3 Å². The van der Waals surface area contributed by atoms with Crippen molar-refractivity contribution in [3.63, 3.8) is 0 Å². The minimum Gasteiger partial charge on any atom is -0.341 e. The lowest BCUT2D eigenvalue weighted by Crippen LogP contribution is -2.12. The zero-order chi connectivity index (χ0) is 12.0. The molecule has 3 nitrogen and oxygen atoms in total. The monoisotopic (exact) mass is 253 g/mol. The maximum Gasteiger partial charge on any atom is 0.169 e. The van der Waals surface area contributed by atoms with Gasteiger partial charge in [-0.25, -0.2) is 9.37 Å². The number of halogens is 2. The Hall–Kier alpha value is -1.13. The summed E-state index contributed by atoms with van der Waals surface area (Å²) in [7, 11) is 0. The van der Waals surface area contributed by atoms with Crippen LogP contribution in [0, 0.1) is 11.7 Å². The highest BCUT2D eigenvalue weighted by atomic mass is 35.5. The first-order chi connectivity index (χ1) is 8.15. The second-order valence-electron chi connectivity index (χ2n) is 4.67. The van der Waals surface area contributed by atoms with Crippen LogP contribution in [0.2, 0.25) is 5.02 Å². The molecule has 1 aromatic carbocycles. The molecule has 1 aliphatic carbocycles. The standard InChI is InChI=1S/C12H13ClFN3/c13-7-3-4-9-11(10(7)14)17-12(16-9)8(15)5-6-1-2-6/h3-4,6,8H,1-2,5,15H2,(H,16,17). The van der Waals surface area contributed by atoms with Crippen LogP contribution in [0.25, 0.3) is 11.0 Å². The summed E-state index contributed by atoms with van der Waals surface area (Å²) < 4.78 is 13.7. The van der Waals surface area contributed by atoms with E-state index in [9.17, 15) is 4.39 Å². The minimum atomic E-state index is -0.481. The molecule has 1 unspecified atom stereocenters. The summed E-state index contributed by atoms with van der Waals surface area (Å²) in [6.45, 7) is 0. The molecule has 0 radical (unpaired) electrons. The lowest BCUT2D eigenvalue weighted by Gasteiger charge is -2.06. The van der Waals surface area contributed by atoms with Gasteiger partial charge in [-0.3, -0.25) is 0 Å². The van der Waals surface area contributed by atoms with Gasteiger partial charge in [-0.15, -0.1) is 0 Å². The van der Waals surface area contributed by atoms with E-state index >= 15 is 0 Å². The highest BCUT2D eigenvalue weighted by Crippen LogP contribution is 2.36.